The van der Waals surface area contributed by atoms with E-state index in [2.05, 4.69) is 9.71 Å². The van der Waals surface area contributed by atoms with Gasteiger partial charge in [0.25, 0.3) is 0 Å². The third-order valence-corrected chi connectivity index (χ3v) is 4.55. The Bertz CT molecular complexity index is 657. The summed E-state index contributed by atoms with van der Waals surface area (Å²) < 4.78 is 26.7. The molecule has 6 heteroatoms. The number of hydrogen-bond acceptors (Lipinski definition) is 3. The van der Waals surface area contributed by atoms with E-state index in [9.17, 15) is 8.42 Å². The fraction of sp³-hybridized carbons (Fsp3) is 0.214. The van der Waals surface area contributed by atoms with Crippen LogP contribution in [0.4, 0.5) is 5.69 Å². The van der Waals surface area contributed by atoms with Crippen molar-refractivity contribution in [3.8, 4) is 0 Å². The van der Waals surface area contributed by atoms with Gasteiger partial charge in [-0.2, -0.15) is 0 Å². The Morgan fingerprint density at radius 2 is 1.90 bits per heavy atom. The van der Waals surface area contributed by atoms with Crippen molar-refractivity contribution < 1.29 is 8.42 Å². The summed E-state index contributed by atoms with van der Waals surface area (Å²) in [5, 5.41) is 0.325. The van der Waals surface area contributed by atoms with E-state index < -0.39 is 10.0 Å². The molecule has 1 heterocycles. The second-order valence-corrected chi connectivity index (χ2v) is 6.72. The van der Waals surface area contributed by atoms with Crippen LogP contribution in [-0.2, 0) is 10.0 Å². The lowest BCUT2D eigenvalue weighted by atomic mass is 10.0. The molecule has 1 aromatic carbocycles. The van der Waals surface area contributed by atoms with Gasteiger partial charge in [-0.25, -0.2) is 13.4 Å². The van der Waals surface area contributed by atoms with Gasteiger partial charge in [-0.1, -0.05) is 48.9 Å². The van der Waals surface area contributed by atoms with Crippen LogP contribution >= 0.6 is 11.6 Å². The molecule has 106 valence electrons. The molecule has 0 fully saturated rings. The van der Waals surface area contributed by atoms with Crippen LogP contribution in [-0.4, -0.2) is 19.2 Å². The predicted molar refractivity (Wildman–Crippen MR) is 81.5 cm³/mol. The first kappa shape index (κ1) is 14.8. The summed E-state index contributed by atoms with van der Waals surface area (Å²) in [6.45, 7) is 1.88. The number of sulfonamides is 1. The zero-order chi connectivity index (χ0) is 14.6. The van der Waals surface area contributed by atoms with Gasteiger partial charge in [0.2, 0.25) is 10.0 Å². The summed E-state index contributed by atoms with van der Waals surface area (Å²) >= 11 is 5.66. The van der Waals surface area contributed by atoms with Crippen molar-refractivity contribution in [2.75, 3.05) is 10.5 Å². The molecule has 0 bridgehead atoms. The Morgan fingerprint density at radius 3 is 2.50 bits per heavy atom. The first-order chi connectivity index (χ1) is 9.46. The van der Waals surface area contributed by atoms with E-state index in [0.717, 1.165) is 5.56 Å². The van der Waals surface area contributed by atoms with Crippen molar-refractivity contribution in [3.05, 3.63) is 59.4 Å². The van der Waals surface area contributed by atoms with E-state index in [1.54, 1.807) is 12.1 Å². The Hall–Kier alpha value is -1.59. The lowest BCUT2D eigenvalue weighted by Crippen LogP contribution is -2.20. The van der Waals surface area contributed by atoms with Crippen molar-refractivity contribution in [1.29, 1.82) is 0 Å². The SMILES string of the molecule is CC(CS(=O)(=O)Nc1ccc(Cl)nc1)c1ccccc1. The van der Waals surface area contributed by atoms with E-state index >= 15 is 0 Å². The highest BCUT2D eigenvalue weighted by atomic mass is 35.5. The summed E-state index contributed by atoms with van der Waals surface area (Å²) in [7, 11) is -3.43. The largest absolute Gasteiger partial charge is 0.282 e. The van der Waals surface area contributed by atoms with Crippen LogP contribution in [0.3, 0.4) is 0 Å². The van der Waals surface area contributed by atoms with Gasteiger partial charge in [0.15, 0.2) is 0 Å². The molecule has 0 amide bonds. The van der Waals surface area contributed by atoms with E-state index in [-0.39, 0.29) is 11.7 Å². The summed E-state index contributed by atoms with van der Waals surface area (Å²) in [6.07, 6.45) is 1.40. The number of anilines is 1. The van der Waals surface area contributed by atoms with Gasteiger partial charge in [0.1, 0.15) is 5.15 Å². The topological polar surface area (TPSA) is 59.1 Å². The number of nitrogens with one attached hydrogen (secondary N) is 1. The summed E-state index contributed by atoms with van der Waals surface area (Å²) in [5.41, 5.74) is 1.40. The Labute approximate surface area is 123 Å². The fourth-order valence-electron chi connectivity index (χ4n) is 1.86. The molecule has 1 N–H and O–H groups in total. The molecule has 1 unspecified atom stereocenters. The normalized spacial score (nSPS) is 12.9. The molecule has 1 atom stereocenters. The van der Waals surface area contributed by atoms with Crippen LogP contribution in [0.25, 0.3) is 0 Å². The number of nitrogens with zero attached hydrogens (tertiary/aromatic N) is 1. The maximum absolute atomic E-state index is 12.1. The van der Waals surface area contributed by atoms with Gasteiger partial charge >= 0.3 is 0 Å². The molecule has 2 aromatic rings. The van der Waals surface area contributed by atoms with Gasteiger partial charge < -0.3 is 0 Å². The highest BCUT2D eigenvalue weighted by molar-refractivity contribution is 7.92. The first-order valence-corrected chi connectivity index (χ1v) is 8.16. The third kappa shape index (κ3) is 4.21. The number of pyridine rings is 1. The second kappa shape index (κ2) is 6.24. The standard InChI is InChI=1S/C14H15ClN2O2S/c1-11(12-5-3-2-4-6-12)10-20(18,19)17-13-7-8-14(15)16-9-13/h2-9,11,17H,10H2,1H3. The van der Waals surface area contributed by atoms with Crippen molar-refractivity contribution in [1.82, 2.24) is 4.98 Å². The zero-order valence-electron chi connectivity index (χ0n) is 11.0. The molecule has 0 radical (unpaired) electrons. The molecule has 1 aromatic heterocycles. The van der Waals surface area contributed by atoms with Crippen LogP contribution < -0.4 is 4.72 Å². The molecule has 2 rings (SSSR count). The Kier molecular flexibility index (Phi) is 4.62. The van der Waals surface area contributed by atoms with Gasteiger partial charge in [-0.05, 0) is 23.6 Å². The summed E-state index contributed by atoms with van der Waals surface area (Å²) in [6, 6.07) is 12.7. The van der Waals surface area contributed by atoms with Gasteiger partial charge in [0, 0.05) is 0 Å². The average molecular weight is 311 g/mol. The van der Waals surface area contributed by atoms with Crippen molar-refractivity contribution in [2.45, 2.75) is 12.8 Å². The Morgan fingerprint density at radius 1 is 1.20 bits per heavy atom. The number of halogens is 1. The number of benzene rings is 1. The lowest BCUT2D eigenvalue weighted by molar-refractivity contribution is 0.595. The van der Waals surface area contributed by atoms with Crippen LogP contribution in [0.5, 0.6) is 0 Å². The van der Waals surface area contributed by atoms with E-state index in [1.165, 1.54) is 6.20 Å². The van der Waals surface area contributed by atoms with Gasteiger partial charge in [-0.3, -0.25) is 4.72 Å². The minimum absolute atomic E-state index is 0.0135. The number of rotatable bonds is 5. The average Bonchev–Trinajstić information content (AvgIpc) is 2.41. The molecule has 0 saturated carbocycles. The van der Waals surface area contributed by atoms with Crippen LogP contribution in [0, 0.1) is 0 Å². The highest BCUT2D eigenvalue weighted by Crippen LogP contribution is 2.18. The zero-order valence-corrected chi connectivity index (χ0v) is 12.5. The van der Waals surface area contributed by atoms with Crippen molar-refractivity contribution in [2.24, 2.45) is 0 Å². The van der Waals surface area contributed by atoms with Gasteiger partial charge in [0.05, 0.1) is 17.6 Å². The summed E-state index contributed by atoms with van der Waals surface area (Å²) in [5.74, 6) is -0.0754. The third-order valence-electron chi connectivity index (χ3n) is 2.84. The number of aromatic nitrogens is 1. The number of hydrogen-bond donors (Lipinski definition) is 1. The highest BCUT2D eigenvalue weighted by Gasteiger charge is 2.17. The molecule has 0 spiro atoms. The second-order valence-electron chi connectivity index (χ2n) is 4.56. The quantitative estimate of drug-likeness (QED) is 0.862. The minimum Gasteiger partial charge on any atom is -0.282 e. The maximum Gasteiger partial charge on any atom is 0.233 e. The Balaban J connectivity index is 2.06. The van der Waals surface area contributed by atoms with Gasteiger partial charge in [-0.15, -0.1) is 0 Å². The molecule has 0 aliphatic heterocycles. The smallest absolute Gasteiger partial charge is 0.233 e. The van der Waals surface area contributed by atoms with E-state index in [1.807, 2.05) is 37.3 Å². The van der Waals surface area contributed by atoms with Crippen molar-refractivity contribution >= 4 is 27.3 Å². The van der Waals surface area contributed by atoms with Crippen LogP contribution in [0.15, 0.2) is 48.7 Å². The van der Waals surface area contributed by atoms with Crippen molar-refractivity contribution in [3.63, 3.8) is 0 Å². The monoisotopic (exact) mass is 310 g/mol. The molecular weight excluding hydrogens is 296 g/mol. The molecule has 0 aliphatic rings. The molecule has 0 saturated heterocycles. The van der Waals surface area contributed by atoms with Crippen LogP contribution in [0.1, 0.15) is 18.4 Å². The molecule has 20 heavy (non-hydrogen) atoms. The molecular formula is C14H15ClN2O2S. The van der Waals surface area contributed by atoms with E-state index in [0.29, 0.717) is 10.8 Å². The maximum atomic E-state index is 12.1. The first-order valence-electron chi connectivity index (χ1n) is 6.13. The predicted octanol–water partition coefficient (Wildman–Crippen LogP) is 3.28. The molecule has 4 nitrogen and oxygen atoms in total. The summed E-state index contributed by atoms with van der Waals surface area (Å²) in [4.78, 5) is 3.84. The van der Waals surface area contributed by atoms with E-state index in [4.69, 9.17) is 11.6 Å². The fourth-order valence-corrected chi connectivity index (χ4v) is 3.39. The minimum atomic E-state index is -3.43. The molecule has 0 aliphatic carbocycles. The van der Waals surface area contributed by atoms with Crippen LogP contribution in [0.2, 0.25) is 5.15 Å². The lowest BCUT2D eigenvalue weighted by Gasteiger charge is -2.13.